The molecule has 4 heteroatoms. The van der Waals surface area contributed by atoms with E-state index in [9.17, 15) is 9.90 Å². The van der Waals surface area contributed by atoms with Gasteiger partial charge in [0.05, 0.1) is 18.1 Å². The molecule has 1 amide bonds. The van der Waals surface area contributed by atoms with Crippen molar-refractivity contribution in [2.24, 2.45) is 17.6 Å². The molecule has 5 atom stereocenters. The Morgan fingerprint density at radius 2 is 1.89 bits per heavy atom. The molecule has 0 heterocycles. The van der Waals surface area contributed by atoms with Crippen molar-refractivity contribution in [3.05, 3.63) is 0 Å². The second-order valence-electron chi connectivity index (χ2n) is 6.06. The van der Waals surface area contributed by atoms with E-state index in [1.54, 1.807) is 0 Å². The molecule has 0 saturated heterocycles. The highest BCUT2D eigenvalue weighted by Crippen LogP contribution is 2.28. The number of carbonyl (C=O) groups excluding carboxylic acids is 1. The van der Waals surface area contributed by atoms with E-state index in [4.69, 9.17) is 5.73 Å². The quantitative estimate of drug-likeness (QED) is 0.692. The van der Waals surface area contributed by atoms with Crippen LogP contribution in [0.1, 0.15) is 51.9 Å². The Bertz CT molecular complexity index is 296. The van der Waals surface area contributed by atoms with Crippen LogP contribution >= 0.6 is 0 Å². The van der Waals surface area contributed by atoms with Gasteiger partial charge in [-0.15, -0.1) is 0 Å². The summed E-state index contributed by atoms with van der Waals surface area (Å²) in [7, 11) is 0. The van der Waals surface area contributed by atoms with Gasteiger partial charge in [0.25, 0.3) is 0 Å². The second kappa shape index (κ2) is 6.02. The van der Waals surface area contributed by atoms with Crippen molar-refractivity contribution in [2.45, 2.75) is 70.1 Å². The molecule has 0 aromatic rings. The standard InChI is InChI=1S/C14H26N2O2/c1-9-5-4-6-10(13(9)15)14(18)16-11-7-2-3-8-12(11)17/h9-13,17H,2-8,15H2,1H3,(H,16,18). The Hall–Kier alpha value is -0.610. The number of amides is 1. The van der Waals surface area contributed by atoms with Crippen LogP contribution in [-0.4, -0.2) is 29.2 Å². The monoisotopic (exact) mass is 254 g/mol. The smallest absolute Gasteiger partial charge is 0.224 e. The lowest BCUT2D eigenvalue weighted by Gasteiger charge is -2.35. The van der Waals surface area contributed by atoms with E-state index in [1.165, 1.54) is 0 Å². The van der Waals surface area contributed by atoms with E-state index < -0.39 is 0 Å². The van der Waals surface area contributed by atoms with Crippen molar-refractivity contribution >= 4 is 5.91 Å². The minimum atomic E-state index is -0.375. The highest BCUT2D eigenvalue weighted by Gasteiger charge is 2.34. The molecule has 4 N–H and O–H groups in total. The molecule has 0 aliphatic heterocycles. The fourth-order valence-electron chi connectivity index (χ4n) is 3.32. The van der Waals surface area contributed by atoms with Crippen LogP contribution in [0.2, 0.25) is 0 Å². The van der Waals surface area contributed by atoms with Crippen molar-refractivity contribution in [1.82, 2.24) is 5.32 Å². The van der Waals surface area contributed by atoms with Gasteiger partial charge in [-0.2, -0.15) is 0 Å². The molecule has 4 nitrogen and oxygen atoms in total. The summed E-state index contributed by atoms with van der Waals surface area (Å²) in [6.07, 6.45) is 6.57. The molecule has 2 aliphatic rings. The number of rotatable bonds is 2. The van der Waals surface area contributed by atoms with E-state index in [1.807, 2.05) is 0 Å². The van der Waals surface area contributed by atoms with Gasteiger partial charge in [-0.05, 0) is 31.6 Å². The highest BCUT2D eigenvalue weighted by atomic mass is 16.3. The summed E-state index contributed by atoms with van der Waals surface area (Å²) in [6, 6.07) is -0.0878. The van der Waals surface area contributed by atoms with Gasteiger partial charge in [-0.25, -0.2) is 0 Å². The average molecular weight is 254 g/mol. The summed E-state index contributed by atoms with van der Waals surface area (Å²) in [5.74, 6) is 0.411. The first-order valence-electron chi connectivity index (χ1n) is 7.33. The van der Waals surface area contributed by atoms with E-state index >= 15 is 0 Å². The Balaban J connectivity index is 1.90. The number of nitrogens with one attached hydrogen (secondary N) is 1. The lowest BCUT2D eigenvalue weighted by molar-refractivity contribution is -0.129. The van der Waals surface area contributed by atoms with Gasteiger partial charge < -0.3 is 16.2 Å². The zero-order valence-electron chi connectivity index (χ0n) is 11.3. The van der Waals surface area contributed by atoms with E-state index in [2.05, 4.69) is 12.2 Å². The minimum absolute atomic E-state index is 0.0283. The maximum Gasteiger partial charge on any atom is 0.224 e. The molecule has 2 fully saturated rings. The van der Waals surface area contributed by atoms with Crippen LogP contribution in [0, 0.1) is 11.8 Å². The number of aliphatic hydroxyl groups excluding tert-OH is 1. The minimum Gasteiger partial charge on any atom is -0.391 e. The van der Waals surface area contributed by atoms with Gasteiger partial charge in [-0.3, -0.25) is 4.79 Å². The van der Waals surface area contributed by atoms with E-state index in [0.29, 0.717) is 5.92 Å². The first kappa shape index (κ1) is 13.8. The maximum absolute atomic E-state index is 12.3. The van der Waals surface area contributed by atoms with Gasteiger partial charge in [0, 0.05) is 6.04 Å². The topological polar surface area (TPSA) is 75.3 Å². The van der Waals surface area contributed by atoms with Crippen LogP contribution in [-0.2, 0) is 4.79 Å². The summed E-state index contributed by atoms with van der Waals surface area (Å²) in [4.78, 5) is 12.3. The lowest BCUT2D eigenvalue weighted by atomic mass is 9.77. The molecule has 0 aromatic heterocycles. The van der Waals surface area contributed by atoms with Crippen LogP contribution in [0.25, 0.3) is 0 Å². The predicted molar refractivity (Wildman–Crippen MR) is 70.9 cm³/mol. The van der Waals surface area contributed by atoms with Crippen LogP contribution in [0.4, 0.5) is 0 Å². The molecule has 18 heavy (non-hydrogen) atoms. The molecule has 104 valence electrons. The summed E-state index contributed by atoms with van der Waals surface area (Å²) >= 11 is 0. The van der Waals surface area contributed by atoms with Gasteiger partial charge in [0.2, 0.25) is 5.91 Å². The third-order valence-corrected chi connectivity index (χ3v) is 4.69. The Labute approximate surface area is 109 Å². The summed E-state index contributed by atoms with van der Waals surface area (Å²) in [5.41, 5.74) is 6.14. The van der Waals surface area contributed by atoms with Gasteiger partial charge in [0.1, 0.15) is 0 Å². The first-order chi connectivity index (χ1) is 8.59. The van der Waals surface area contributed by atoms with E-state index in [-0.39, 0.29) is 30.0 Å². The third-order valence-electron chi connectivity index (χ3n) is 4.69. The molecule has 0 bridgehead atoms. The van der Waals surface area contributed by atoms with E-state index in [0.717, 1.165) is 44.9 Å². The summed E-state index contributed by atoms with van der Waals surface area (Å²) in [6.45, 7) is 2.12. The fourth-order valence-corrected chi connectivity index (χ4v) is 3.32. The molecular weight excluding hydrogens is 228 g/mol. The normalized spacial score (nSPS) is 41.4. The van der Waals surface area contributed by atoms with Crippen LogP contribution in [0.3, 0.4) is 0 Å². The van der Waals surface area contributed by atoms with Crippen LogP contribution in [0.15, 0.2) is 0 Å². The van der Waals surface area contributed by atoms with Gasteiger partial charge in [-0.1, -0.05) is 26.2 Å². The number of hydrogen-bond donors (Lipinski definition) is 3. The Morgan fingerprint density at radius 1 is 1.17 bits per heavy atom. The van der Waals surface area contributed by atoms with Crippen molar-refractivity contribution in [3.63, 3.8) is 0 Å². The summed E-state index contributed by atoms with van der Waals surface area (Å²) in [5, 5.41) is 12.9. The Morgan fingerprint density at radius 3 is 2.61 bits per heavy atom. The molecule has 2 aliphatic carbocycles. The van der Waals surface area contributed by atoms with Gasteiger partial charge >= 0.3 is 0 Å². The Kier molecular flexibility index (Phi) is 4.62. The SMILES string of the molecule is CC1CCCC(C(=O)NC2CCCCC2O)C1N. The molecule has 0 radical (unpaired) electrons. The van der Waals surface area contributed by atoms with Crippen molar-refractivity contribution in [2.75, 3.05) is 0 Å². The maximum atomic E-state index is 12.3. The largest absolute Gasteiger partial charge is 0.391 e. The zero-order chi connectivity index (χ0) is 13.1. The fraction of sp³-hybridized carbons (Fsp3) is 0.929. The van der Waals surface area contributed by atoms with Crippen LogP contribution in [0.5, 0.6) is 0 Å². The first-order valence-corrected chi connectivity index (χ1v) is 7.33. The number of hydrogen-bond acceptors (Lipinski definition) is 3. The lowest BCUT2D eigenvalue weighted by Crippen LogP contribution is -2.52. The molecule has 2 saturated carbocycles. The highest BCUT2D eigenvalue weighted by molar-refractivity contribution is 5.80. The number of aliphatic hydroxyl groups is 1. The van der Waals surface area contributed by atoms with Crippen molar-refractivity contribution in [1.29, 1.82) is 0 Å². The number of carbonyl (C=O) groups is 1. The molecule has 0 aromatic carbocycles. The van der Waals surface area contributed by atoms with Gasteiger partial charge in [0.15, 0.2) is 0 Å². The predicted octanol–water partition coefficient (Wildman–Crippen LogP) is 1.17. The molecule has 5 unspecified atom stereocenters. The summed E-state index contributed by atoms with van der Waals surface area (Å²) < 4.78 is 0. The van der Waals surface area contributed by atoms with Crippen LogP contribution < -0.4 is 11.1 Å². The van der Waals surface area contributed by atoms with Crippen molar-refractivity contribution in [3.8, 4) is 0 Å². The average Bonchev–Trinajstić information content (AvgIpc) is 2.35. The molecular formula is C14H26N2O2. The molecule has 2 rings (SSSR count). The third kappa shape index (κ3) is 3.04. The second-order valence-corrected chi connectivity index (χ2v) is 6.06. The molecule has 0 spiro atoms. The number of nitrogens with two attached hydrogens (primary N) is 1. The van der Waals surface area contributed by atoms with Crippen molar-refractivity contribution < 1.29 is 9.90 Å². The zero-order valence-corrected chi connectivity index (χ0v) is 11.3.